The molecule has 0 saturated carbocycles. The largest absolute Gasteiger partial charge is 0.752 e. The lowest BCUT2D eigenvalue weighted by atomic mass is 10.1. The van der Waals surface area contributed by atoms with Gasteiger partial charge in [-0.05, 0) is 42.5 Å². The summed E-state index contributed by atoms with van der Waals surface area (Å²) in [5, 5.41) is 26.2. The quantitative estimate of drug-likeness (QED) is 0.883. The van der Waals surface area contributed by atoms with Crippen LogP contribution in [0.5, 0.6) is 0 Å². The molecule has 130 valence electrons. The second-order valence-corrected chi connectivity index (χ2v) is 6.32. The van der Waals surface area contributed by atoms with E-state index in [2.05, 4.69) is 15.3 Å². The van der Waals surface area contributed by atoms with Crippen molar-refractivity contribution in [3.63, 3.8) is 0 Å². The second kappa shape index (κ2) is 6.56. The zero-order valence-electron chi connectivity index (χ0n) is 13.5. The average molecular weight is 331 g/mol. The van der Waals surface area contributed by atoms with E-state index in [1.165, 1.54) is 0 Å². The van der Waals surface area contributed by atoms with Crippen LogP contribution in [0.15, 0.2) is 17.1 Å². The Morgan fingerprint density at radius 3 is 2.54 bits per heavy atom. The molecular formula is C16H21N5O3-2. The lowest BCUT2D eigenvalue weighted by molar-refractivity contribution is 0.0394. The van der Waals surface area contributed by atoms with E-state index in [-0.39, 0.29) is 5.96 Å². The molecule has 1 fully saturated rings. The Morgan fingerprint density at radius 2 is 1.79 bits per heavy atom. The third kappa shape index (κ3) is 2.93. The van der Waals surface area contributed by atoms with Crippen LogP contribution in [0.4, 0.5) is 11.4 Å². The van der Waals surface area contributed by atoms with Gasteiger partial charge in [-0.1, -0.05) is 0 Å². The van der Waals surface area contributed by atoms with Gasteiger partial charge in [0, 0.05) is 19.6 Å². The van der Waals surface area contributed by atoms with E-state index in [0.29, 0.717) is 23.1 Å². The number of fused-ring (bicyclic) bond motifs is 2. The molecular weight excluding hydrogens is 310 g/mol. The number of aliphatic imine (C=N–C) groups is 1. The first-order chi connectivity index (χ1) is 11.7. The maximum atomic E-state index is 12.6. The van der Waals surface area contributed by atoms with Crippen LogP contribution in [0.25, 0.3) is 0 Å². The van der Waals surface area contributed by atoms with Gasteiger partial charge in [-0.25, -0.2) is 0 Å². The van der Waals surface area contributed by atoms with E-state index in [4.69, 9.17) is 4.74 Å². The molecule has 0 spiro atoms. The summed E-state index contributed by atoms with van der Waals surface area (Å²) in [4.78, 5) is 6.53. The normalized spacial score (nSPS) is 22.5. The first kappa shape index (κ1) is 15.6. The SMILES string of the molecule is [O-]N1NC(=NCCN2CCOCC2)N([O-])c2cc3c(cc21)CCC3. The minimum absolute atomic E-state index is 0.0590. The number of rotatable bonds is 3. The van der Waals surface area contributed by atoms with E-state index in [9.17, 15) is 10.4 Å². The number of benzene rings is 1. The molecule has 0 amide bonds. The molecule has 1 aliphatic carbocycles. The standard InChI is InChI=1S/C16H21N5O3/c22-20-14-10-12-2-1-3-13(12)11-15(14)21(23)18-16(20)17-4-5-19-6-8-24-9-7-19/h10-11H,1-9H2,(H,17,18)/q-2. The Balaban J connectivity index is 1.49. The minimum atomic E-state index is 0.0590. The predicted molar refractivity (Wildman–Crippen MR) is 92.9 cm³/mol. The van der Waals surface area contributed by atoms with Gasteiger partial charge in [0.25, 0.3) is 0 Å². The summed E-state index contributed by atoms with van der Waals surface area (Å²) in [7, 11) is 0. The highest BCUT2D eigenvalue weighted by Crippen LogP contribution is 2.37. The summed E-state index contributed by atoms with van der Waals surface area (Å²) >= 11 is 0. The number of ether oxygens (including phenoxy) is 1. The van der Waals surface area contributed by atoms with Crippen LogP contribution >= 0.6 is 0 Å². The summed E-state index contributed by atoms with van der Waals surface area (Å²) in [5.74, 6) is 0.0590. The molecule has 2 heterocycles. The molecule has 0 radical (unpaired) electrons. The molecule has 1 N–H and O–H groups in total. The molecule has 0 atom stereocenters. The molecule has 4 rings (SSSR count). The van der Waals surface area contributed by atoms with Gasteiger partial charge in [0.05, 0.1) is 31.1 Å². The van der Waals surface area contributed by atoms with Gasteiger partial charge >= 0.3 is 0 Å². The van der Waals surface area contributed by atoms with E-state index < -0.39 is 0 Å². The fourth-order valence-electron chi connectivity index (χ4n) is 3.46. The summed E-state index contributed by atoms with van der Waals surface area (Å²) in [6.07, 6.45) is 3.01. The molecule has 3 aliphatic rings. The number of guanidine groups is 1. The molecule has 24 heavy (non-hydrogen) atoms. The molecule has 8 heteroatoms. The Morgan fingerprint density at radius 1 is 1.08 bits per heavy atom. The van der Waals surface area contributed by atoms with Crippen molar-refractivity contribution in [1.82, 2.24) is 10.3 Å². The van der Waals surface area contributed by atoms with Crippen molar-refractivity contribution >= 4 is 17.3 Å². The van der Waals surface area contributed by atoms with Gasteiger partial charge in [-0.15, -0.1) is 0 Å². The van der Waals surface area contributed by atoms with Crippen molar-refractivity contribution in [3.8, 4) is 0 Å². The predicted octanol–water partition coefficient (Wildman–Crippen LogP) is 0.990. The van der Waals surface area contributed by atoms with Crippen molar-refractivity contribution in [2.45, 2.75) is 19.3 Å². The lowest BCUT2D eigenvalue weighted by Gasteiger charge is -2.47. The third-order valence-corrected chi connectivity index (χ3v) is 4.80. The fourth-order valence-corrected chi connectivity index (χ4v) is 3.46. The van der Waals surface area contributed by atoms with Crippen molar-refractivity contribution in [2.24, 2.45) is 4.99 Å². The number of aryl methyl sites for hydroxylation is 2. The van der Waals surface area contributed by atoms with Crippen molar-refractivity contribution in [2.75, 3.05) is 49.6 Å². The van der Waals surface area contributed by atoms with Crippen molar-refractivity contribution < 1.29 is 4.74 Å². The van der Waals surface area contributed by atoms with E-state index in [1.807, 2.05) is 12.1 Å². The zero-order valence-corrected chi connectivity index (χ0v) is 13.5. The van der Waals surface area contributed by atoms with Crippen LogP contribution in [0.3, 0.4) is 0 Å². The summed E-state index contributed by atoms with van der Waals surface area (Å²) in [6.45, 7) is 4.43. The van der Waals surface area contributed by atoms with Crippen LogP contribution in [-0.2, 0) is 17.6 Å². The number of hydrazine groups is 1. The van der Waals surface area contributed by atoms with Gasteiger partial charge in [0.1, 0.15) is 0 Å². The van der Waals surface area contributed by atoms with Gasteiger partial charge in [-0.2, -0.15) is 0 Å². The van der Waals surface area contributed by atoms with Crippen molar-refractivity contribution in [1.29, 1.82) is 0 Å². The molecule has 8 nitrogen and oxygen atoms in total. The number of hydroxylamine groups is 1. The molecule has 2 aliphatic heterocycles. The molecule has 0 aromatic heterocycles. The second-order valence-electron chi connectivity index (χ2n) is 6.32. The monoisotopic (exact) mass is 331 g/mol. The van der Waals surface area contributed by atoms with Gasteiger partial charge < -0.3 is 25.4 Å². The highest BCUT2D eigenvalue weighted by molar-refractivity contribution is 6.04. The summed E-state index contributed by atoms with van der Waals surface area (Å²) in [6, 6.07) is 3.67. The Kier molecular flexibility index (Phi) is 4.28. The molecule has 1 aromatic rings. The first-order valence-corrected chi connectivity index (χ1v) is 8.44. The van der Waals surface area contributed by atoms with E-state index >= 15 is 0 Å². The topological polar surface area (TPSA) is 89.5 Å². The lowest BCUT2D eigenvalue weighted by Crippen LogP contribution is -2.51. The highest BCUT2D eigenvalue weighted by Gasteiger charge is 2.22. The summed E-state index contributed by atoms with van der Waals surface area (Å²) < 4.78 is 5.31. The fraction of sp³-hybridized carbons (Fsp3) is 0.562. The van der Waals surface area contributed by atoms with Gasteiger partial charge in [0.15, 0.2) is 0 Å². The van der Waals surface area contributed by atoms with Gasteiger partial charge in [0.2, 0.25) is 5.96 Å². The van der Waals surface area contributed by atoms with Crippen LogP contribution in [0.1, 0.15) is 17.5 Å². The van der Waals surface area contributed by atoms with Crippen LogP contribution in [0.2, 0.25) is 0 Å². The molecule has 1 saturated heterocycles. The van der Waals surface area contributed by atoms with E-state index in [0.717, 1.165) is 68.3 Å². The number of nitrogens with one attached hydrogen (secondary N) is 1. The number of hydrogen-bond donors (Lipinski definition) is 1. The smallest absolute Gasteiger partial charge is 0.206 e. The number of morpholine rings is 1. The third-order valence-electron chi connectivity index (χ3n) is 4.80. The number of nitrogens with zero attached hydrogens (tertiary/aromatic N) is 4. The zero-order chi connectivity index (χ0) is 16.5. The molecule has 1 aromatic carbocycles. The highest BCUT2D eigenvalue weighted by atomic mass is 16.6. The Labute approximate surface area is 140 Å². The maximum absolute atomic E-state index is 12.6. The minimum Gasteiger partial charge on any atom is -0.752 e. The van der Waals surface area contributed by atoms with Crippen LogP contribution in [-0.4, -0.2) is 50.3 Å². The van der Waals surface area contributed by atoms with Crippen LogP contribution in [0, 0.1) is 10.4 Å². The Hall–Kier alpha value is -1.87. The first-order valence-electron chi connectivity index (χ1n) is 8.44. The number of anilines is 2. The summed E-state index contributed by atoms with van der Waals surface area (Å²) in [5.41, 5.74) is 5.63. The Bertz CT molecular complexity index is 645. The maximum Gasteiger partial charge on any atom is 0.206 e. The van der Waals surface area contributed by atoms with Gasteiger partial charge in [-0.3, -0.25) is 15.3 Å². The number of hydrogen-bond acceptors (Lipinski definition) is 6. The van der Waals surface area contributed by atoms with Crippen LogP contribution < -0.4 is 15.7 Å². The molecule has 0 bridgehead atoms. The molecule has 0 unspecified atom stereocenters. The average Bonchev–Trinajstić information content (AvgIpc) is 3.06. The van der Waals surface area contributed by atoms with E-state index in [1.54, 1.807) is 0 Å². The van der Waals surface area contributed by atoms with Crippen molar-refractivity contribution in [3.05, 3.63) is 33.7 Å².